The van der Waals surface area contributed by atoms with E-state index in [-0.39, 0.29) is 12.6 Å². The highest BCUT2D eigenvalue weighted by molar-refractivity contribution is 5.72. The number of esters is 1. The van der Waals surface area contributed by atoms with E-state index < -0.39 is 5.60 Å². The Labute approximate surface area is 84.8 Å². The van der Waals surface area contributed by atoms with Crippen molar-refractivity contribution in [2.75, 3.05) is 26.2 Å². The van der Waals surface area contributed by atoms with Crippen molar-refractivity contribution in [1.29, 1.82) is 0 Å². The van der Waals surface area contributed by atoms with Crippen molar-refractivity contribution >= 4 is 5.97 Å². The second-order valence-corrected chi connectivity index (χ2v) is 4.83. The molecule has 1 saturated heterocycles. The number of ether oxygens (including phenoxy) is 1. The van der Waals surface area contributed by atoms with Gasteiger partial charge in [-0.25, -0.2) is 0 Å². The van der Waals surface area contributed by atoms with E-state index in [0.717, 1.165) is 13.1 Å². The van der Waals surface area contributed by atoms with Gasteiger partial charge in [0.05, 0.1) is 6.54 Å². The molecule has 0 aromatic carbocycles. The molecule has 82 valence electrons. The first-order chi connectivity index (χ1) is 6.40. The van der Waals surface area contributed by atoms with Crippen molar-refractivity contribution in [1.82, 2.24) is 4.90 Å². The molecule has 1 rings (SSSR count). The lowest BCUT2D eigenvalue weighted by molar-refractivity contribution is -0.158. The molecule has 1 aliphatic heterocycles. The minimum Gasteiger partial charge on any atom is -0.459 e. The largest absolute Gasteiger partial charge is 0.459 e. The number of aliphatic hydroxyl groups is 1. The number of aliphatic hydroxyl groups excluding tert-OH is 1. The fourth-order valence-electron chi connectivity index (χ4n) is 1.48. The van der Waals surface area contributed by atoms with Gasteiger partial charge in [0, 0.05) is 25.6 Å². The Kier molecular flexibility index (Phi) is 3.50. The van der Waals surface area contributed by atoms with E-state index in [1.54, 1.807) is 0 Å². The molecule has 0 saturated carbocycles. The zero-order valence-corrected chi connectivity index (χ0v) is 9.12. The quantitative estimate of drug-likeness (QED) is 0.665. The van der Waals surface area contributed by atoms with E-state index in [9.17, 15) is 4.79 Å². The van der Waals surface area contributed by atoms with E-state index in [1.807, 2.05) is 25.7 Å². The van der Waals surface area contributed by atoms with Gasteiger partial charge in [-0.2, -0.15) is 0 Å². The minimum absolute atomic E-state index is 0.186. The van der Waals surface area contributed by atoms with Crippen LogP contribution >= 0.6 is 0 Å². The van der Waals surface area contributed by atoms with Crippen LogP contribution < -0.4 is 0 Å². The number of hydrogen-bond acceptors (Lipinski definition) is 4. The van der Waals surface area contributed by atoms with Gasteiger partial charge in [-0.3, -0.25) is 9.69 Å². The van der Waals surface area contributed by atoms with Gasteiger partial charge in [-0.15, -0.1) is 0 Å². The smallest absolute Gasteiger partial charge is 0.320 e. The summed E-state index contributed by atoms with van der Waals surface area (Å²) in [5.41, 5.74) is -0.404. The van der Waals surface area contributed by atoms with E-state index in [1.165, 1.54) is 0 Å². The zero-order valence-electron chi connectivity index (χ0n) is 9.12. The number of hydrogen-bond donors (Lipinski definition) is 1. The summed E-state index contributed by atoms with van der Waals surface area (Å²) in [6, 6.07) is 0. The van der Waals surface area contributed by atoms with Crippen LogP contribution in [0.5, 0.6) is 0 Å². The van der Waals surface area contributed by atoms with Crippen LogP contribution in [0.3, 0.4) is 0 Å². The summed E-state index contributed by atoms with van der Waals surface area (Å²) < 4.78 is 5.17. The van der Waals surface area contributed by atoms with Gasteiger partial charge < -0.3 is 9.84 Å². The number of carbonyl (C=O) groups excluding carboxylic acids is 1. The number of likely N-dealkylation sites (tertiary alicyclic amines) is 1. The summed E-state index contributed by atoms with van der Waals surface area (Å²) in [4.78, 5) is 13.3. The summed E-state index contributed by atoms with van der Waals surface area (Å²) in [6.07, 6.45) is 0. The molecular weight excluding hydrogens is 182 g/mol. The molecule has 0 aromatic heterocycles. The van der Waals surface area contributed by atoms with Crippen LogP contribution in [0.4, 0.5) is 0 Å². The Balaban J connectivity index is 2.17. The van der Waals surface area contributed by atoms with Gasteiger partial charge >= 0.3 is 5.97 Å². The third-order valence-corrected chi connectivity index (χ3v) is 2.06. The number of carbonyl (C=O) groups is 1. The first-order valence-electron chi connectivity index (χ1n) is 4.96. The van der Waals surface area contributed by atoms with Crippen LogP contribution in [-0.2, 0) is 9.53 Å². The van der Waals surface area contributed by atoms with Crippen LogP contribution in [0.15, 0.2) is 0 Å². The van der Waals surface area contributed by atoms with E-state index in [0.29, 0.717) is 12.5 Å². The number of rotatable bonds is 3. The maximum Gasteiger partial charge on any atom is 0.320 e. The van der Waals surface area contributed by atoms with Gasteiger partial charge in [0.15, 0.2) is 0 Å². The minimum atomic E-state index is -0.404. The lowest BCUT2D eigenvalue weighted by atomic mass is 10.0. The van der Waals surface area contributed by atoms with Gasteiger partial charge in [-0.05, 0) is 20.8 Å². The predicted octanol–water partition coefficient (Wildman–Crippen LogP) is 0.252. The fraction of sp³-hybridized carbons (Fsp3) is 0.900. The Morgan fingerprint density at radius 2 is 2.07 bits per heavy atom. The SMILES string of the molecule is CC(C)(C)OC(=O)CN1CC(CO)C1. The molecule has 0 aromatic rings. The third-order valence-electron chi connectivity index (χ3n) is 2.06. The maximum absolute atomic E-state index is 11.3. The molecule has 0 unspecified atom stereocenters. The monoisotopic (exact) mass is 201 g/mol. The van der Waals surface area contributed by atoms with Gasteiger partial charge in [-0.1, -0.05) is 0 Å². The molecule has 1 heterocycles. The van der Waals surface area contributed by atoms with E-state index >= 15 is 0 Å². The first kappa shape index (κ1) is 11.5. The van der Waals surface area contributed by atoms with Gasteiger partial charge in [0.25, 0.3) is 0 Å². The van der Waals surface area contributed by atoms with Gasteiger partial charge in [0.2, 0.25) is 0 Å². The molecule has 0 aliphatic carbocycles. The molecule has 0 bridgehead atoms. The molecule has 14 heavy (non-hydrogen) atoms. The molecular formula is C10H19NO3. The Morgan fingerprint density at radius 1 is 1.50 bits per heavy atom. The Bertz CT molecular complexity index is 204. The zero-order chi connectivity index (χ0) is 10.8. The molecule has 0 spiro atoms. The molecule has 1 fully saturated rings. The second kappa shape index (κ2) is 4.28. The van der Waals surface area contributed by atoms with Crippen LogP contribution in [0, 0.1) is 5.92 Å². The third kappa shape index (κ3) is 3.64. The van der Waals surface area contributed by atoms with E-state index in [2.05, 4.69) is 0 Å². The highest BCUT2D eigenvalue weighted by atomic mass is 16.6. The maximum atomic E-state index is 11.3. The Morgan fingerprint density at radius 3 is 2.50 bits per heavy atom. The molecule has 0 radical (unpaired) electrons. The van der Waals surface area contributed by atoms with Crippen LogP contribution in [0.1, 0.15) is 20.8 Å². The lowest BCUT2D eigenvalue weighted by Crippen LogP contribution is -2.51. The second-order valence-electron chi connectivity index (χ2n) is 4.83. The van der Waals surface area contributed by atoms with E-state index in [4.69, 9.17) is 9.84 Å². The lowest BCUT2D eigenvalue weighted by Gasteiger charge is -2.37. The summed E-state index contributed by atoms with van der Waals surface area (Å²) in [5.74, 6) is 0.159. The topological polar surface area (TPSA) is 49.8 Å². The molecule has 0 amide bonds. The molecule has 1 N–H and O–H groups in total. The fourth-order valence-corrected chi connectivity index (χ4v) is 1.48. The highest BCUT2D eigenvalue weighted by Crippen LogP contribution is 2.15. The summed E-state index contributed by atoms with van der Waals surface area (Å²) in [5, 5.41) is 8.78. The van der Waals surface area contributed by atoms with Crippen LogP contribution in [0.25, 0.3) is 0 Å². The molecule has 4 nitrogen and oxygen atoms in total. The summed E-state index contributed by atoms with van der Waals surface area (Å²) in [6.45, 7) is 7.73. The summed E-state index contributed by atoms with van der Waals surface area (Å²) in [7, 11) is 0. The predicted molar refractivity (Wildman–Crippen MR) is 52.9 cm³/mol. The average Bonchev–Trinajstić information content (AvgIpc) is 1.91. The summed E-state index contributed by atoms with van der Waals surface area (Å²) >= 11 is 0. The van der Waals surface area contributed by atoms with Crippen molar-refractivity contribution in [3.8, 4) is 0 Å². The first-order valence-corrected chi connectivity index (χ1v) is 4.96. The van der Waals surface area contributed by atoms with Crippen molar-refractivity contribution in [2.45, 2.75) is 26.4 Å². The van der Waals surface area contributed by atoms with Gasteiger partial charge in [0.1, 0.15) is 5.60 Å². The Hall–Kier alpha value is -0.610. The molecule has 4 heteroatoms. The van der Waals surface area contributed by atoms with Crippen molar-refractivity contribution in [2.24, 2.45) is 5.92 Å². The van der Waals surface area contributed by atoms with Crippen molar-refractivity contribution in [3.05, 3.63) is 0 Å². The van der Waals surface area contributed by atoms with Crippen molar-refractivity contribution in [3.63, 3.8) is 0 Å². The van der Waals surface area contributed by atoms with Crippen LogP contribution in [0.2, 0.25) is 0 Å². The normalized spacial score (nSPS) is 19.1. The van der Waals surface area contributed by atoms with Crippen LogP contribution in [-0.4, -0.2) is 47.8 Å². The van der Waals surface area contributed by atoms with Crippen molar-refractivity contribution < 1.29 is 14.6 Å². The molecule has 0 atom stereocenters. The number of nitrogens with zero attached hydrogens (tertiary/aromatic N) is 1. The average molecular weight is 201 g/mol. The standard InChI is InChI=1S/C10H19NO3/c1-10(2,3)14-9(13)6-11-4-8(5-11)7-12/h8,12H,4-7H2,1-3H3. The molecule has 1 aliphatic rings. The highest BCUT2D eigenvalue weighted by Gasteiger charge is 2.28.